The topological polar surface area (TPSA) is 65.0 Å². The number of ether oxygens (including phenoxy) is 1. The number of guanidine groups is 1. The predicted molar refractivity (Wildman–Crippen MR) is 136 cm³/mol. The zero-order chi connectivity index (χ0) is 20.5. The van der Waals surface area contributed by atoms with Gasteiger partial charge >= 0.3 is 0 Å². The van der Waals surface area contributed by atoms with Gasteiger partial charge in [0.15, 0.2) is 5.96 Å². The largest absolute Gasteiger partial charge is 0.379 e. The molecular weight excluding hydrogens is 511 g/mol. The van der Waals surface area contributed by atoms with Gasteiger partial charge in [0.2, 0.25) is 0 Å². The lowest BCUT2D eigenvalue weighted by Crippen LogP contribution is -2.46. The maximum absolute atomic E-state index is 5.54. The molecule has 0 aromatic carbocycles. The summed E-state index contributed by atoms with van der Waals surface area (Å²) in [7, 11) is 3.99. The zero-order valence-corrected chi connectivity index (χ0v) is 21.2. The number of hydrogen-bond donors (Lipinski definition) is 2. The molecule has 0 bridgehead atoms. The first-order chi connectivity index (χ1) is 14.2. The number of nitrogens with one attached hydrogen (secondary N) is 2. The Bertz CT molecular complexity index is 765. The zero-order valence-electron chi connectivity index (χ0n) is 18.0. The first-order valence-corrected chi connectivity index (χ1v) is 11.0. The van der Waals surface area contributed by atoms with E-state index in [9.17, 15) is 0 Å². The van der Waals surface area contributed by atoms with Gasteiger partial charge < -0.3 is 20.3 Å². The smallest absolute Gasteiger partial charge is 0.191 e. The summed E-state index contributed by atoms with van der Waals surface area (Å²) >= 11 is 1.81. The molecule has 7 nitrogen and oxygen atoms in total. The van der Waals surface area contributed by atoms with Crippen molar-refractivity contribution < 1.29 is 4.74 Å². The number of aliphatic imine (C=N–C) groups is 1. The quantitative estimate of drug-likeness (QED) is 0.303. The Hall–Kier alpha value is -1.43. The van der Waals surface area contributed by atoms with E-state index in [0.717, 1.165) is 56.7 Å². The van der Waals surface area contributed by atoms with Crippen LogP contribution in [0.3, 0.4) is 0 Å². The van der Waals surface area contributed by atoms with Gasteiger partial charge in [0.25, 0.3) is 0 Å². The number of rotatable bonds is 8. The van der Waals surface area contributed by atoms with Gasteiger partial charge in [-0.2, -0.15) is 0 Å². The second-order valence-corrected chi connectivity index (χ2v) is 8.15. The van der Waals surface area contributed by atoms with Crippen LogP contribution in [-0.2, 0) is 11.3 Å². The van der Waals surface area contributed by atoms with Gasteiger partial charge in [0.05, 0.1) is 25.8 Å². The fourth-order valence-corrected chi connectivity index (χ4v) is 4.15. The van der Waals surface area contributed by atoms with E-state index >= 15 is 0 Å². The first-order valence-electron chi connectivity index (χ1n) is 10.2. The molecule has 2 N–H and O–H groups in total. The molecule has 0 aliphatic carbocycles. The van der Waals surface area contributed by atoms with Crippen molar-refractivity contribution in [1.29, 1.82) is 0 Å². The van der Waals surface area contributed by atoms with Crippen LogP contribution in [0, 0.1) is 0 Å². The Kier molecular flexibility index (Phi) is 10.8. The fraction of sp³-hybridized carbons (Fsp3) is 0.524. The van der Waals surface area contributed by atoms with Crippen LogP contribution < -0.4 is 15.5 Å². The second kappa shape index (κ2) is 13.1. The summed E-state index contributed by atoms with van der Waals surface area (Å²) in [6.45, 7) is 7.85. The molecule has 1 atom stereocenters. The van der Waals surface area contributed by atoms with E-state index in [1.165, 1.54) is 4.88 Å². The molecule has 2 aromatic heterocycles. The Morgan fingerprint density at radius 1 is 1.30 bits per heavy atom. The number of anilines is 1. The highest BCUT2D eigenvalue weighted by Crippen LogP contribution is 2.25. The lowest BCUT2D eigenvalue weighted by atomic mass is 10.2. The molecule has 1 aliphatic heterocycles. The molecule has 0 spiro atoms. The molecule has 9 heteroatoms. The number of nitrogens with zero attached hydrogens (tertiary/aromatic N) is 4. The molecule has 3 rings (SSSR count). The van der Waals surface area contributed by atoms with Crippen molar-refractivity contribution in [2.24, 2.45) is 4.99 Å². The highest BCUT2D eigenvalue weighted by molar-refractivity contribution is 14.0. The highest BCUT2D eigenvalue weighted by Gasteiger charge is 2.23. The van der Waals surface area contributed by atoms with Crippen molar-refractivity contribution in [2.45, 2.75) is 19.5 Å². The van der Waals surface area contributed by atoms with Gasteiger partial charge in [-0.25, -0.2) is 9.98 Å². The minimum atomic E-state index is 0. The summed E-state index contributed by atoms with van der Waals surface area (Å²) in [5, 5.41) is 9.06. The predicted octanol–water partition coefficient (Wildman–Crippen LogP) is 2.96. The summed E-state index contributed by atoms with van der Waals surface area (Å²) < 4.78 is 5.54. The monoisotopic (exact) mass is 544 g/mol. The number of pyridine rings is 1. The second-order valence-electron chi connectivity index (χ2n) is 7.17. The van der Waals surface area contributed by atoms with Gasteiger partial charge in [-0.05, 0) is 36.1 Å². The molecule has 166 valence electrons. The Labute approximate surface area is 200 Å². The molecule has 0 amide bonds. The highest BCUT2D eigenvalue weighted by atomic mass is 127. The standard InChI is InChI=1S/C21H32N6OS.HI/c1-4-22-21(24-15-17-7-8-23-20(14-17)26(2)3)25-16-18(19-6-5-13-29-19)27-9-11-28-12-10-27;/h5-8,13-14,18H,4,9-12,15-16H2,1-3H3,(H2,22,24,25);1H. The van der Waals surface area contributed by atoms with Crippen LogP contribution >= 0.6 is 35.3 Å². The SMILES string of the molecule is CCNC(=NCc1ccnc(N(C)C)c1)NCC(c1cccs1)N1CCOCC1.I. The van der Waals surface area contributed by atoms with Crippen molar-refractivity contribution in [3.63, 3.8) is 0 Å². The number of halogens is 1. The number of morpholine rings is 1. The molecule has 3 heterocycles. The van der Waals surface area contributed by atoms with Crippen LogP contribution in [0.4, 0.5) is 5.82 Å². The van der Waals surface area contributed by atoms with E-state index in [0.29, 0.717) is 12.6 Å². The summed E-state index contributed by atoms with van der Waals surface area (Å²) in [5.41, 5.74) is 1.14. The third-order valence-corrected chi connectivity index (χ3v) is 5.83. The molecule has 2 aromatic rings. The third-order valence-electron chi connectivity index (χ3n) is 4.85. The van der Waals surface area contributed by atoms with Gasteiger partial charge in [-0.1, -0.05) is 6.07 Å². The number of hydrogen-bond acceptors (Lipinski definition) is 6. The Balaban J connectivity index is 0.00000320. The molecule has 0 saturated carbocycles. The molecule has 1 fully saturated rings. The van der Waals surface area contributed by atoms with Crippen LogP contribution in [0.1, 0.15) is 23.4 Å². The minimum absolute atomic E-state index is 0. The average Bonchev–Trinajstić information content (AvgIpc) is 3.27. The van der Waals surface area contributed by atoms with Gasteiger partial charge in [-0.15, -0.1) is 35.3 Å². The first kappa shape index (κ1) is 24.8. The van der Waals surface area contributed by atoms with E-state index < -0.39 is 0 Å². The lowest BCUT2D eigenvalue weighted by molar-refractivity contribution is 0.0177. The summed E-state index contributed by atoms with van der Waals surface area (Å²) in [6, 6.07) is 8.76. The van der Waals surface area contributed by atoms with Crippen molar-refractivity contribution in [3.05, 3.63) is 46.3 Å². The van der Waals surface area contributed by atoms with Crippen LogP contribution in [0.25, 0.3) is 0 Å². The molecule has 1 saturated heterocycles. The van der Waals surface area contributed by atoms with Crippen molar-refractivity contribution >= 4 is 47.1 Å². The fourth-order valence-electron chi connectivity index (χ4n) is 3.29. The van der Waals surface area contributed by atoms with Crippen molar-refractivity contribution in [1.82, 2.24) is 20.5 Å². The summed E-state index contributed by atoms with van der Waals surface area (Å²) in [4.78, 5) is 15.0. The van der Waals surface area contributed by atoms with Crippen LogP contribution in [0.15, 0.2) is 40.8 Å². The van der Waals surface area contributed by atoms with Gasteiger partial charge in [0.1, 0.15) is 5.82 Å². The maximum atomic E-state index is 5.54. The molecule has 1 unspecified atom stereocenters. The van der Waals surface area contributed by atoms with E-state index in [2.05, 4.69) is 51.0 Å². The van der Waals surface area contributed by atoms with Crippen LogP contribution in [-0.4, -0.2) is 69.3 Å². The average molecular weight is 545 g/mol. The minimum Gasteiger partial charge on any atom is -0.379 e. The van der Waals surface area contributed by atoms with E-state index in [1.54, 1.807) is 0 Å². The maximum Gasteiger partial charge on any atom is 0.191 e. The van der Waals surface area contributed by atoms with E-state index in [-0.39, 0.29) is 24.0 Å². The van der Waals surface area contributed by atoms with Gasteiger partial charge in [0, 0.05) is 51.3 Å². The Morgan fingerprint density at radius 2 is 2.10 bits per heavy atom. The summed E-state index contributed by atoms with van der Waals surface area (Å²) in [5.74, 6) is 1.78. The van der Waals surface area contributed by atoms with Crippen LogP contribution in [0.5, 0.6) is 0 Å². The molecule has 1 aliphatic rings. The Morgan fingerprint density at radius 3 is 2.77 bits per heavy atom. The van der Waals surface area contributed by atoms with E-state index in [4.69, 9.17) is 9.73 Å². The molecule has 30 heavy (non-hydrogen) atoms. The van der Waals surface area contributed by atoms with Gasteiger partial charge in [-0.3, -0.25) is 4.90 Å². The number of thiophene rings is 1. The van der Waals surface area contributed by atoms with Crippen molar-refractivity contribution in [3.8, 4) is 0 Å². The van der Waals surface area contributed by atoms with E-state index in [1.807, 2.05) is 42.6 Å². The molecule has 0 radical (unpaired) electrons. The normalized spacial score (nSPS) is 15.9. The summed E-state index contributed by atoms with van der Waals surface area (Å²) in [6.07, 6.45) is 1.84. The van der Waals surface area contributed by atoms with Crippen molar-refractivity contribution in [2.75, 3.05) is 58.4 Å². The number of aromatic nitrogens is 1. The third kappa shape index (κ3) is 7.36. The van der Waals surface area contributed by atoms with Crippen LogP contribution in [0.2, 0.25) is 0 Å². The lowest BCUT2D eigenvalue weighted by Gasteiger charge is -2.34. The molecular formula is C21H33IN6OS.